The number of rotatable bonds is 4. The van der Waals surface area contributed by atoms with E-state index in [-0.39, 0.29) is 5.41 Å². The molecular formula is C16H20ClN3OS. The Morgan fingerprint density at radius 3 is 2.64 bits per heavy atom. The summed E-state index contributed by atoms with van der Waals surface area (Å²) in [6.07, 6.45) is 0. The molecular weight excluding hydrogens is 318 g/mol. The summed E-state index contributed by atoms with van der Waals surface area (Å²) in [5.74, 6) is -0.543. The van der Waals surface area contributed by atoms with Crippen LogP contribution in [0.25, 0.3) is 0 Å². The molecule has 0 saturated heterocycles. The van der Waals surface area contributed by atoms with Crippen LogP contribution in [0.2, 0.25) is 5.02 Å². The Hall–Kier alpha value is -1.59. The first kappa shape index (κ1) is 16.8. The standard InChI is InChI=1S/C16H20ClN3OS/c1-9-14(16(2,3)4)22-12(20-9)8-19-11-7-5-6-10(17)13(11)15(18)21/h5-7,19H,8H2,1-4H3,(H2,18,21). The van der Waals surface area contributed by atoms with E-state index >= 15 is 0 Å². The Balaban J connectivity index is 2.22. The zero-order valence-electron chi connectivity index (χ0n) is 13.2. The molecule has 0 unspecified atom stereocenters. The van der Waals surface area contributed by atoms with Gasteiger partial charge >= 0.3 is 0 Å². The second-order valence-electron chi connectivity index (χ2n) is 6.15. The Kier molecular flexibility index (Phi) is 4.78. The van der Waals surface area contributed by atoms with E-state index in [1.165, 1.54) is 4.88 Å². The predicted octanol–water partition coefficient (Wildman–Crippen LogP) is 4.11. The minimum absolute atomic E-state index is 0.0778. The van der Waals surface area contributed by atoms with Gasteiger partial charge in [-0.1, -0.05) is 38.4 Å². The van der Waals surface area contributed by atoms with Crippen LogP contribution >= 0.6 is 22.9 Å². The van der Waals surface area contributed by atoms with Crippen LogP contribution in [0.5, 0.6) is 0 Å². The minimum atomic E-state index is -0.543. The maximum absolute atomic E-state index is 11.5. The zero-order chi connectivity index (χ0) is 16.5. The molecule has 1 aromatic carbocycles. The Labute approximate surface area is 139 Å². The van der Waals surface area contributed by atoms with Crippen molar-refractivity contribution < 1.29 is 4.79 Å². The van der Waals surface area contributed by atoms with Crippen molar-refractivity contribution in [2.24, 2.45) is 5.73 Å². The Morgan fingerprint density at radius 1 is 1.41 bits per heavy atom. The summed E-state index contributed by atoms with van der Waals surface area (Å²) in [5, 5.41) is 4.53. The number of hydrogen-bond acceptors (Lipinski definition) is 4. The highest BCUT2D eigenvalue weighted by Crippen LogP contribution is 2.32. The third-order valence-corrected chi connectivity index (χ3v) is 5.11. The van der Waals surface area contributed by atoms with Crippen LogP contribution in [-0.4, -0.2) is 10.9 Å². The van der Waals surface area contributed by atoms with Crippen LogP contribution in [0.15, 0.2) is 18.2 Å². The molecule has 1 amide bonds. The van der Waals surface area contributed by atoms with Gasteiger partial charge in [-0.15, -0.1) is 11.3 Å². The summed E-state index contributed by atoms with van der Waals surface area (Å²) >= 11 is 7.72. The van der Waals surface area contributed by atoms with Crippen molar-refractivity contribution in [2.45, 2.75) is 39.7 Å². The largest absolute Gasteiger partial charge is 0.378 e. The number of aryl methyl sites for hydroxylation is 1. The van der Waals surface area contributed by atoms with Crippen molar-refractivity contribution in [1.29, 1.82) is 0 Å². The van der Waals surface area contributed by atoms with E-state index in [2.05, 4.69) is 31.1 Å². The number of aromatic nitrogens is 1. The topological polar surface area (TPSA) is 68.0 Å². The number of nitrogens with two attached hydrogens (primary N) is 1. The molecule has 0 aliphatic heterocycles. The number of benzene rings is 1. The molecule has 0 aliphatic carbocycles. The number of amides is 1. The number of nitrogens with zero attached hydrogens (tertiary/aromatic N) is 1. The van der Waals surface area contributed by atoms with E-state index in [9.17, 15) is 4.79 Å². The lowest BCUT2D eigenvalue weighted by molar-refractivity contribution is 0.100. The van der Waals surface area contributed by atoms with Gasteiger partial charge in [0.25, 0.3) is 5.91 Å². The fraction of sp³-hybridized carbons (Fsp3) is 0.375. The molecule has 2 rings (SSSR count). The lowest BCUT2D eigenvalue weighted by Gasteiger charge is -2.16. The van der Waals surface area contributed by atoms with Crippen molar-refractivity contribution in [3.63, 3.8) is 0 Å². The average Bonchev–Trinajstić information content (AvgIpc) is 2.77. The second-order valence-corrected chi connectivity index (χ2v) is 7.64. The van der Waals surface area contributed by atoms with Crippen molar-refractivity contribution in [3.05, 3.63) is 44.4 Å². The highest BCUT2D eigenvalue weighted by atomic mass is 35.5. The third-order valence-electron chi connectivity index (χ3n) is 3.21. The van der Waals surface area contributed by atoms with Gasteiger partial charge in [0.2, 0.25) is 0 Å². The number of carbonyl (C=O) groups is 1. The van der Waals surface area contributed by atoms with Gasteiger partial charge < -0.3 is 11.1 Å². The molecule has 0 aliphatic rings. The van der Waals surface area contributed by atoms with Gasteiger partial charge in [-0.05, 0) is 24.5 Å². The smallest absolute Gasteiger partial charge is 0.252 e. The molecule has 0 radical (unpaired) electrons. The summed E-state index contributed by atoms with van der Waals surface area (Å²) < 4.78 is 0. The van der Waals surface area contributed by atoms with E-state index in [1.54, 1.807) is 29.5 Å². The van der Waals surface area contributed by atoms with Crippen LogP contribution in [0.3, 0.4) is 0 Å². The van der Waals surface area contributed by atoms with Gasteiger partial charge in [-0.2, -0.15) is 0 Å². The number of carbonyl (C=O) groups excluding carboxylic acids is 1. The highest BCUT2D eigenvalue weighted by Gasteiger charge is 2.21. The van der Waals surface area contributed by atoms with Crippen molar-refractivity contribution >= 4 is 34.5 Å². The first-order valence-corrected chi connectivity index (χ1v) is 8.18. The van der Waals surface area contributed by atoms with Crippen LogP contribution in [0.4, 0.5) is 5.69 Å². The normalized spacial score (nSPS) is 11.5. The second kappa shape index (κ2) is 6.26. The maximum atomic E-state index is 11.5. The SMILES string of the molecule is Cc1nc(CNc2cccc(Cl)c2C(N)=O)sc1C(C)(C)C. The zero-order valence-corrected chi connectivity index (χ0v) is 14.7. The third kappa shape index (κ3) is 3.59. The molecule has 2 aromatic rings. The lowest BCUT2D eigenvalue weighted by atomic mass is 9.94. The van der Waals surface area contributed by atoms with Crippen LogP contribution in [-0.2, 0) is 12.0 Å². The fourth-order valence-corrected chi connectivity index (χ4v) is 3.65. The highest BCUT2D eigenvalue weighted by molar-refractivity contribution is 7.11. The van der Waals surface area contributed by atoms with Crippen LogP contribution in [0, 0.1) is 6.92 Å². The van der Waals surface area contributed by atoms with E-state index in [1.807, 2.05) is 6.92 Å². The van der Waals surface area contributed by atoms with Gasteiger partial charge in [0.15, 0.2) is 0 Å². The quantitative estimate of drug-likeness (QED) is 0.882. The van der Waals surface area contributed by atoms with Gasteiger partial charge in [-0.25, -0.2) is 4.98 Å². The molecule has 0 spiro atoms. The van der Waals surface area contributed by atoms with Gasteiger partial charge in [0, 0.05) is 10.6 Å². The Bertz CT molecular complexity index is 704. The average molecular weight is 338 g/mol. The monoisotopic (exact) mass is 337 g/mol. The minimum Gasteiger partial charge on any atom is -0.378 e. The van der Waals surface area contributed by atoms with Gasteiger partial charge in [0.05, 0.1) is 22.8 Å². The molecule has 118 valence electrons. The predicted molar refractivity (Wildman–Crippen MR) is 92.8 cm³/mol. The van der Waals surface area contributed by atoms with Crippen molar-refractivity contribution in [3.8, 4) is 0 Å². The summed E-state index contributed by atoms with van der Waals surface area (Å²) in [7, 11) is 0. The molecule has 4 nitrogen and oxygen atoms in total. The fourth-order valence-electron chi connectivity index (χ4n) is 2.32. The molecule has 6 heteroatoms. The van der Waals surface area contributed by atoms with Crippen molar-refractivity contribution in [2.75, 3.05) is 5.32 Å². The molecule has 0 saturated carbocycles. The molecule has 0 atom stereocenters. The first-order valence-electron chi connectivity index (χ1n) is 6.99. The number of nitrogens with one attached hydrogen (secondary N) is 1. The lowest BCUT2D eigenvalue weighted by Crippen LogP contribution is -2.15. The van der Waals surface area contributed by atoms with E-state index in [4.69, 9.17) is 17.3 Å². The summed E-state index contributed by atoms with van der Waals surface area (Å²) in [6.45, 7) is 9.07. The van der Waals surface area contributed by atoms with Crippen LogP contribution < -0.4 is 11.1 Å². The van der Waals surface area contributed by atoms with E-state index < -0.39 is 5.91 Å². The van der Waals surface area contributed by atoms with E-state index in [0.29, 0.717) is 22.8 Å². The Morgan fingerprint density at radius 2 is 2.09 bits per heavy atom. The molecule has 22 heavy (non-hydrogen) atoms. The molecule has 3 N–H and O–H groups in total. The number of hydrogen-bond donors (Lipinski definition) is 2. The summed E-state index contributed by atoms with van der Waals surface area (Å²) in [4.78, 5) is 17.4. The molecule has 0 bridgehead atoms. The number of primary amides is 1. The van der Waals surface area contributed by atoms with Gasteiger partial charge in [0.1, 0.15) is 5.01 Å². The number of thiazole rings is 1. The first-order chi connectivity index (χ1) is 10.2. The molecule has 1 heterocycles. The summed E-state index contributed by atoms with van der Waals surface area (Å²) in [6, 6.07) is 5.22. The van der Waals surface area contributed by atoms with Crippen LogP contribution in [0.1, 0.15) is 46.7 Å². The maximum Gasteiger partial charge on any atom is 0.252 e. The van der Waals surface area contributed by atoms with Gasteiger partial charge in [-0.3, -0.25) is 4.79 Å². The number of halogens is 1. The summed E-state index contributed by atoms with van der Waals surface area (Å²) in [5.41, 5.74) is 7.47. The number of anilines is 1. The molecule has 0 fully saturated rings. The van der Waals surface area contributed by atoms with E-state index in [0.717, 1.165) is 10.7 Å². The van der Waals surface area contributed by atoms with Crippen molar-refractivity contribution in [1.82, 2.24) is 4.98 Å². The molecule has 1 aromatic heterocycles.